The molecule has 0 aliphatic heterocycles. The molecule has 0 spiro atoms. The van der Waals surface area contributed by atoms with E-state index in [-0.39, 0.29) is 72.0 Å². The molecule has 0 aliphatic carbocycles. The minimum atomic E-state index is -5.08. The number of hydrogen-bond acceptors (Lipinski definition) is 8. The Morgan fingerprint density at radius 2 is 0.788 bits per heavy atom. The zero-order valence-corrected chi connectivity index (χ0v) is 32.3. The van der Waals surface area contributed by atoms with Crippen LogP contribution in [-0.4, -0.2) is 101 Å². The molecule has 0 rings (SSSR count). The summed E-state index contributed by atoms with van der Waals surface area (Å²) in [6, 6.07) is 0. The van der Waals surface area contributed by atoms with E-state index in [2.05, 4.69) is 47.6 Å². The first kappa shape index (κ1) is 56.0. The third kappa shape index (κ3) is 38.0. The van der Waals surface area contributed by atoms with E-state index in [1.807, 2.05) is 0 Å². The van der Waals surface area contributed by atoms with Gasteiger partial charge in [0.2, 0.25) is 0 Å². The van der Waals surface area contributed by atoms with E-state index >= 15 is 0 Å². The molecule has 52 heavy (non-hydrogen) atoms. The SMILES string of the molecule is CCCCCCCC/C=C\CCCCCCCC(=O)OC(=O)CC(C(=O)OC(=O)CCCCCCC/C=C\CCCCCCCC)S(=O)(=O)O.[NaH].[NaH]. The minimum absolute atomic E-state index is 0. The van der Waals surface area contributed by atoms with Crippen LogP contribution in [0.25, 0.3) is 0 Å². The number of carbonyl (C=O) groups excluding carboxylic acids is 4. The number of esters is 4. The number of hydrogen-bond donors (Lipinski definition) is 1. The van der Waals surface area contributed by atoms with Crippen LogP contribution in [0.15, 0.2) is 24.3 Å². The summed E-state index contributed by atoms with van der Waals surface area (Å²) >= 11 is 0. The van der Waals surface area contributed by atoms with E-state index in [1.165, 1.54) is 77.0 Å². The van der Waals surface area contributed by atoms with Crippen molar-refractivity contribution in [3.8, 4) is 0 Å². The van der Waals surface area contributed by atoms with Gasteiger partial charge in [0.1, 0.15) is 0 Å². The van der Waals surface area contributed by atoms with Crippen LogP contribution in [0, 0.1) is 0 Å². The second-order valence-electron chi connectivity index (χ2n) is 13.5. The fraction of sp³-hybridized carbons (Fsp3) is 0.800. The molecule has 0 aromatic carbocycles. The van der Waals surface area contributed by atoms with E-state index in [0.717, 1.165) is 77.0 Å². The van der Waals surface area contributed by atoms with Crippen LogP contribution in [0.2, 0.25) is 0 Å². The number of ether oxygens (including phenoxy) is 2. The van der Waals surface area contributed by atoms with Crippen LogP contribution in [0.3, 0.4) is 0 Å². The van der Waals surface area contributed by atoms with Crippen LogP contribution in [0.1, 0.15) is 200 Å². The van der Waals surface area contributed by atoms with E-state index in [9.17, 15) is 32.1 Å². The van der Waals surface area contributed by atoms with Gasteiger partial charge < -0.3 is 9.47 Å². The quantitative estimate of drug-likeness (QED) is 0.0169. The van der Waals surface area contributed by atoms with Crippen LogP contribution >= 0.6 is 0 Å². The molecular formula is C40H72Na2O9S. The third-order valence-electron chi connectivity index (χ3n) is 8.70. The van der Waals surface area contributed by atoms with Crippen molar-refractivity contribution in [3.05, 3.63) is 24.3 Å². The van der Waals surface area contributed by atoms with Gasteiger partial charge in [-0.1, -0.05) is 141 Å². The summed E-state index contributed by atoms with van der Waals surface area (Å²) in [7, 11) is -5.08. The van der Waals surface area contributed by atoms with Crippen molar-refractivity contribution in [2.75, 3.05) is 0 Å². The van der Waals surface area contributed by atoms with Gasteiger partial charge in [-0.15, -0.1) is 0 Å². The van der Waals surface area contributed by atoms with Gasteiger partial charge in [-0.05, 0) is 64.2 Å². The average molecular weight is 775 g/mol. The molecule has 0 amide bonds. The summed E-state index contributed by atoms with van der Waals surface area (Å²) in [6.07, 6.45) is 36.1. The molecule has 0 heterocycles. The van der Waals surface area contributed by atoms with Gasteiger partial charge in [-0.2, -0.15) is 8.42 Å². The Morgan fingerprint density at radius 1 is 0.481 bits per heavy atom. The molecule has 0 saturated heterocycles. The Hall–Kier alpha value is -0.330. The van der Waals surface area contributed by atoms with Crippen molar-refractivity contribution < 1.29 is 41.6 Å². The Kier molecular flexibility index (Phi) is 43.4. The van der Waals surface area contributed by atoms with Crippen LogP contribution in [-0.2, 0) is 38.8 Å². The number of carbonyl (C=O) groups is 4. The molecule has 0 aromatic heterocycles. The molecule has 12 heteroatoms. The second-order valence-corrected chi connectivity index (χ2v) is 15.1. The zero-order chi connectivity index (χ0) is 37.1. The van der Waals surface area contributed by atoms with Crippen molar-refractivity contribution in [2.45, 2.75) is 205 Å². The van der Waals surface area contributed by atoms with E-state index < -0.39 is 45.7 Å². The summed E-state index contributed by atoms with van der Waals surface area (Å²) in [5.74, 6) is -4.62. The Bertz CT molecular complexity index is 1060. The predicted molar refractivity (Wildman–Crippen MR) is 215 cm³/mol. The predicted octanol–water partition coefficient (Wildman–Crippen LogP) is 9.55. The van der Waals surface area contributed by atoms with Gasteiger partial charge in [0.15, 0.2) is 5.25 Å². The van der Waals surface area contributed by atoms with Gasteiger partial charge in [0.25, 0.3) is 10.1 Å². The summed E-state index contributed by atoms with van der Waals surface area (Å²) in [6.45, 7) is 4.45. The fourth-order valence-electron chi connectivity index (χ4n) is 5.59. The van der Waals surface area contributed by atoms with Gasteiger partial charge in [-0.25, -0.2) is 0 Å². The summed E-state index contributed by atoms with van der Waals surface area (Å²) in [5, 5.41) is -2.35. The van der Waals surface area contributed by atoms with Gasteiger partial charge >= 0.3 is 83.0 Å². The molecule has 0 radical (unpaired) electrons. The Balaban J connectivity index is -0.0000120. The molecule has 1 unspecified atom stereocenters. The first-order chi connectivity index (χ1) is 24.1. The van der Waals surface area contributed by atoms with Gasteiger partial charge in [-0.3, -0.25) is 23.7 Å². The number of rotatable bonds is 34. The molecule has 0 saturated carbocycles. The molecule has 1 N–H and O–H groups in total. The van der Waals surface area contributed by atoms with Crippen molar-refractivity contribution in [3.63, 3.8) is 0 Å². The standard InChI is InChI=1S/C40H70O9S.2Na.2H/c1-3-5-7-9-11-13-15-17-19-21-23-25-27-29-31-33-37(41)48-39(43)35-36(50(45,46)47)40(44)49-38(42)34-32-30-28-26-24-22-20-18-16-14-12-10-8-6-4-2;;;;/h17-20,36H,3-16,21-35H2,1-2H3,(H,45,46,47);;;;/b19-17-,20-18-;;;;. The summed E-state index contributed by atoms with van der Waals surface area (Å²) < 4.78 is 42.2. The number of unbranched alkanes of at least 4 members (excludes halogenated alkanes) is 22. The van der Waals surface area contributed by atoms with Crippen LogP contribution in [0.4, 0.5) is 0 Å². The molecular weight excluding hydrogens is 702 g/mol. The van der Waals surface area contributed by atoms with E-state index in [0.29, 0.717) is 12.8 Å². The van der Waals surface area contributed by atoms with E-state index in [1.54, 1.807) is 0 Å². The van der Waals surface area contributed by atoms with Crippen molar-refractivity contribution >= 4 is 93.1 Å². The van der Waals surface area contributed by atoms with Crippen molar-refractivity contribution in [1.29, 1.82) is 0 Å². The van der Waals surface area contributed by atoms with Crippen LogP contribution in [0.5, 0.6) is 0 Å². The van der Waals surface area contributed by atoms with Crippen molar-refractivity contribution in [2.24, 2.45) is 0 Å². The van der Waals surface area contributed by atoms with Gasteiger partial charge in [0.05, 0.1) is 6.42 Å². The maximum absolute atomic E-state index is 12.3. The normalized spacial score (nSPS) is 12.0. The average Bonchev–Trinajstić information content (AvgIpc) is 3.06. The molecule has 0 aliphatic rings. The summed E-state index contributed by atoms with van der Waals surface area (Å²) in [4.78, 5) is 48.6. The Morgan fingerprint density at radius 3 is 1.13 bits per heavy atom. The molecule has 294 valence electrons. The van der Waals surface area contributed by atoms with E-state index in [4.69, 9.17) is 0 Å². The first-order valence-electron chi connectivity index (χ1n) is 19.9. The monoisotopic (exact) mass is 774 g/mol. The van der Waals surface area contributed by atoms with Gasteiger partial charge in [0, 0.05) is 12.8 Å². The van der Waals surface area contributed by atoms with Crippen LogP contribution < -0.4 is 0 Å². The molecule has 9 nitrogen and oxygen atoms in total. The molecule has 1 atom stereocenters. The third-order valence-corrected chi connectivity index (χ3v) is 9.78. The zero-order valence-electron chi connectivity index (χ0n) is 31.5. The molecule has 0 fully saturated rings. The van der Waals surface area contributed by atoms with Crippen molar-refractivity contribution in [1.82, 2.24) is 0 Å². The summed E-state index contributed by atoms with van der Waals surface area (Å²) in [5.41, 5.74) is 0. The fourth-order valence-corrected chi connectivity index (χ4v) is 6.23. The Labute approximate surface area is 361 Å². The maximum atomic E-state index is 12.3. The molecule has 0 bridgehead atoms. The molecule has 0 aromatic rings. The number of allylic oxidation sites excluding steroid dienone is 4. The topological polar surface area (TPSA) is 141 Å². The second kappa shape index (κ2) is 40.3. The first-order valence-corrected chi connectivity index (χ1v) is 21.4.